The van der Waals surface area contributed by atoms with Crippen molar-refractivity contribution in [2.45, 2.75) is 50.5 Å². The summed E-state index contributed by atoms with van der Waals surface area (Å²) >= 11 is 1.51. The van der Waals surface area contributed by atoms with Gasteiger partial charge in [-0.2, -0.15) is 4.37 Å². The van der Waals surface area contributed by atoms with Gasteiger partial charge >= 0.3 is 0 Å². The molecule has 0 radical (unpaired) electrons. The molecule has 3 nitrogen and oxygen atoms in total. The van der Waals surface area contributed by atoms with Crippen molar-refractivity contribution < 1.29 is 0 Å². The minimum atomic E-state index is 0.234. The molecule has 0 amide bonds. The standard InChI is InChI=1S/C16H19N3S/c1-16(2)9-13(11-5-3-4-6-12(11)16)17-15-18-14(19-20-15)10-7-8-10/h3-6,10,13H,7-9H2,1-2H3,(H,17,18,19). The lowest BCUT2D eigenvalue weighted by molar-refractivity contribution is 0.493. The van der Waals surface area contributed by atoms with Crippen LogP contribution in [0.4, 0.5) is 5.13 Å². The summed E-state index contributed by atoms with van der Waals surface area (Å²) in [6.45, 7) is 4.65. The van der Waals surface area contributed by atoms with Crippen LogP contribution in [0.25, 0.3) is 0 Å². The van der Waals surface area contributed by atoms with Crippen LogP contribution in [0.3, 0.4) is 0 Å². The van der Waals surface area contributed by atoms with Crippen molar-refractivity contribution in [2.24, 2.45) is 0 Å². The highest BCUT2D eigenvalue weighted by molar-refractivity contribution is 7.09. The van der Waals surface area contributed by atoms with Crippen LogP contribution >= 0.6 is 11.5 Å². The van der Waals surface area contributed by atoms with E-state index in [1.807, 2.05) is 0 Å². The summed E-state index contributed by atoms with van der Waals surface area (Å²) in [6.07, 6.45) is 3.63. The van der Waals surface area contributed by atoms with E-state index in [0.717, 1.165) is 17.4 Å². The molecule has 2 aromatic rings. The van der Waals surface area contributed by atoms with Crippen molar-refractivity contribution in [3.63, 3.8) is 0 Å². The number of fused-ring (bicyclic) bond motifs is 1. The monoisotopic (exact) mass is 285 g/mol. The maximum Gasteiger partial charge on any atom is 0.203 e. The third kappa shape index (κ3) is 2.03. The first-order valence-corrected chi connectivity index (χ1v) is 8.10. The molecule has 1 unspecified atom stereocenters. The predicted molar refractivity (Wildman–Crippen MR) is 82.3 cm³/mol. The average Bonchev–Trinajstić information content (AvgIpc) is 3.12. The van der Waals surface area contributed by atoms with Crippen molar-refractivity contribution in [1.29, 1.82) is 0 Å². The van der Waals surface area contributed by atoms with Gasteiger partial charge in [-0.25, -0.2) is 4.98 Å². The van der Waals surface area contributed by atoms with E-state index in [0.29, 0.717) is 12.0 Å². The summed E-state index contributed by atoms with van der Waals surface area (Å²) < 4.78 is 4.48. The number of benzene rings is 1. The molecule has 0 saturated heterocycles. The highest BCUT2D eigenvalue weighted by Crippen LogP contribution is 2.46. The van der Waals surface area contributed by atoms with Crippen LogP contribution in [-0.2, 0) is 5.41 Å². The molecule has 0 aliphatic heterocycles. The Kier molecular flexibility index (Phi) is 2.64. The van der Waals surface area contributed by atoms with E-state index < -0.39 is 0 Å². The van der Waals surface area contributed by atoms with Crippen LogP contribution < -0.4 is 5.32 Å². The van der Waals surface area contributed by atoms with Crippen LogP contribution in [0.15, 0.2) is 24.3 Å². The lowest BCUT2D eigenvalue weighted by Gasteiger charge is -2.19. The highest BCUT2D eigenvalue weighted by atomic mass is 32.1. The molecule has 1 saturated carbocycles. The molecule has 1 N–H and O–H groups in total. The van der Waals surface area contributed by atoms with Crippen LogP contribution in [-0.4, -0.2) is 9.36 Å². The molecule has 1 aromatic carbocycles. The van der Waals surface area contributed by atoms with Crippen molar-refractivity contribution >= 4 is 16.7 Å². The fraction of sp³-hybridized carbons (Fsp3) is 0.500. The number of nitrogens with zero attached hydrogens (tertiary/aromatic N) is 2. The summed E-state index contributed by atoms with van der Waals surface area (Å²) in [4.78, 5) is 4.65. The summed E-state index contributed by atoms with van der Waals surface area (Å²) in [7, 11) is 0. The Balaban J connectivity index is 1.60. The first kappa shape index (κ1) is 12.3. The smallest absolute Gasteiger partial charge is 0.203 e. The van der Waals surface area contributed by atoms with Gasteiger partial charge in [-0.3, -0.25) is 0 Å². The number of nitrogens with one attached hydrogen (secondary N) is 1. The topological polar surface area (TPSA) is 37.8 Å². The molecule has 2 aliphatic rings. The maximum absolute atomic E-state index is 4.65. The summed E-state index contributed by atoms with van der Waals surface area (Å²) in [5.41, 5.74) is 3.11. The minimum Gasteiger partial charge on any atom is -0.353 e. The van der Waals surface area contributed by atoms with Gasteiger partial charge in [0, 0.05) is 17.5 Å². The molecule has 20 heavy (non-hydrogen) atoms. The fourth-order valence-electron chi connectivity index (χ4n) is 3.23. The van der Waals surface area contributed by atoms with Crippen molar-refractivity contribution in [3.8, 4) is 0 Å². The highest BCUT2D eigenvalue weighted by Gasteiger charge is 2.37. The van der Waals surface area contributed by atoms with Gasteiger partial charge in [-0.15, -0.1) is 0 Å². The summed E-state index contributed by atoms with van der Waals surface area (Å²) in [5.74, 6) is 1.68. The molecule has 0 bridgehead atoms. The van der Waals surface area contributed by atoms with Gasteiger partial charge in [0.15, 0.2) is 0 Å². The molecule has 1 atom stereocenters. The zero-order valence-corrected chi connectivity index (χ0v) is 12.7. The Labute approximate surface area is 123 Å². The Morgan fingerprint density at radius 2 is 2.05 bits per heavy atom. The van der Waals surface area contributed by atoms with Crippen LogP contribution in [0.2, 0.25) is 0 Å². The molecule has 1 heterocycles. The maximum atomic E-state index is 4.65. The summed E-state index contributed by atoms with van der Waals surface area (Å²) in [6, 6.07) is 9.13. The quantitative estimate of drug-likeness (QED) is 0.916. The number of aromatic nitrogens is 2. The third-order valence-electron chi connectivity index (χ3n) is 4.46. The number of hydrogen-bond donors (Lipinski definition) is 1. The second kappa shape index (κ2) is 4.29. The van der Waals surface area contributed by atoms with E-state index in [1.54, 1.807) is 0 Å². The molecular weight excluding hydrogens is 266 g/mol. The van der Waals surface area contributed by atoms with Crippen LogP contribution in [0.1, 0.15) is 62.0 Å². The molecule has 104 valence electrons. The van der Waals surface area contributed by atoms with Gasteiger partial charge in [0.25, 0.3) is 0 Å². The van der Waals surface area contributed by atoms with Gasteiger partial charge in [-0.05, 0) is 35.8 Å². The number of hydrogen-bond acceptors (Lipinski definition) is 4. The minimum absolute atomic E-state index is 0.234. The number of rotatable bonds is 3. The normalized spacial score (nSPS) is 23.6. The number of anilines is 1. The van der Waals surface area contributed by atoms with Gasteiger partial charge in [0.2, 0.25) is 5.13 Å². The lowest BCUT2D eigenvalue weighted by atomic mass is 9.86. The molecule has 0 spiro atoms. The molecule has 1 aromatic heterocycles. The molecule has 1 fully saturated rings. The van der Waals surface area contributed by atoms with Gasteiger partial charge in [-0.1, -0.05) is 38.1 Å². The van der Waals surface area contributed by atoms with Gasteiger partial charge < -0.3 is 5.32 Å². The van der Waals surface area contributed by atoms with Crippen molar-refractivity contribution in [2.75, 3.05) is 5.32 Å². The molecule has 4 heteroatoms. The first-order chi connectivity index (χ1) is 9.63. The van der Waals surface area contributed by atoms with E-state index in [2.05, 4.69) is 52.8 Å². The van der Waals surface area contributed by atoms with E-state index in [4.69, 9.17) is 0 Å². The fourth-order valence-corrected chi connectivity index (χ4v) is 3.93. The molecule has 4 rings (SSSR count). The predicted octanol–water partition coefficient (Wildman–Crippen LogP) is 4.25. The van der Waals surface area contributed by atoms with E-state index in [-0.39, 0.29) is 5.41 Å². The zero-order valence-electron chi connectivity index (χ0n) is 11.9. The Morgan fingerprint density at radius 3 is 2.85 bits per heavy atom. The molecular formula is C16H19N3S. The first-order valence-electron chi connectivity index (χ1n) is 7.33. The van der Waals surface area contributed by atoms with Crippen molar-refractivity contribution in [3.05, 3.63) is 41.2 Å². The van der Waals surface area contributed by atoms with E-state index >= 15 is 0 Å². The lowest BCUT2D eigenvalue weighted by Crippen LogP contribution is -2.14. The molecule has 2 aliphatic carbocycles. The van der Waals surface area contributed by atoms with Crippen LogP contribution in [0, 0.1) is 0 Å². The van der Waals surface area contributed by atoms with Gasteiger partial charge in [0.05, 0.1) is 6.04 Å². The Morgan fingerprint density at radius 1 is 1.25 bits per heavy atom. The Hall–Kier alpha value is -1.42. The van der Waals surface area contributed by atoms with E-state index in [9.17, 15) is 0 Å². The SMILES string of the molecule is CC1(C)CC(Nc2nc(C3CC3)ns2)c2ccccc21. The second-order valence-electron chi connectivity index (χ2n) is 6.60. The average molecular weight is 285 g/mol. The van der Waals surface area contributed by atoms with Crippen LogP contribution in [0.5, 0.6) is 0 Å². The van der Waals surface area contributed by atoms with E-state index in [1.165, 1.54) is 35.5 Å². The van der Waals surface area contributed by atoms with Crippen molar-refractivity contribution in [1.82, 2.24) is 9.36 Å². The van der Waals surface area contributed by atoms with Gasteiger partial charge in [0.1, 0.15) is 5.82 Å². The largest absolute Gasteiger partial charge is 0.353 e. The second-order valence-corrected chi connectivity index (χ2v) is 7.36. The summed E-state index contributed by atoms with van der Waals surface area (Å²) in [5, 5.41) is 4.58. The third-order valence-corrected chi connectivity index (χ3v) is 5.12. The Bertz CT molecular complexity index is 643. The zero-order chi connectivity index (χ0) is 13.7.